The standard InChI is InChI=1S/C15H20O4/c1-7-6-10(16)12-8(2)14(18)19-13(12)15(3)9(7)4-5-11(15)17/h7,9-10,12-13,16H,2,4-6H2,1,3H3/t7-,9-,10-,12-,13+,15-/m0/s1. The van der Waals surface area contributed by atoms with Crippen molar-refractivity contribution in [2.45, 2.75) is 45.3 Å². The second-order valence-corrected chi connectivity index (χ2v) is 6.51. The Morgan fingerprint density at radius 2 is 2.11 bits per heavy atom. The normalized spacial score (nSPS) is 49.6. The molecule has 1 aliphatic heterocycles. The van der Waals surface area contributed by atoms with E-state index in [2.05, 4.69) is 13.5 Å². The lowest BCUT2D eigenvalue weighted by molar-refractivity contribution is -0.151. The van der Waals surface area contributed by atoms with E-state index in [9.17, 15) is 14.7 Å². The second-order valence-electron chi connectivity index (χ2n) is 6.51. The highest BCUT2D eigenvalue weighted by atomic mass is 16.6. The molecule has 0 aromatic rings. The van der Waals surface area contributed by atoms with E-state index in [1.807, 2.05) is 6.92 Å². The van der Waals surface area contributed by atoms with Gasteiger partial charge in [-0.15, -0.1) is 0 Å². The molecule has 0 radical (unpaired) electrons. The number of rotatable bonds is 0. The van der Waals surface area contributed by atoms with Crippen LogP contribution in [0.2, 0.25) is 0 Å². The molecule has 1 saturated heterocycles. The van der Waals surface area contributed by atoms with Crippen LogP contribution in [0, 0.1) is 23.2 Å². The zero-order chi connectivity index (χ0) is 13.9. The molecule has 0 unspecified atom stereocenters. The topological polar surface area (TPSA) is 63.6 Å². The van der Waals surface area contributed by atoms with E-state index in [4.69, 9.17) is 4.74 Å². The van der Waals surface area contributed by atoms with Gasteiger partial charge in [-0.25, -0.2) is 4.79 Å². The lowest BCUT2D eigenvalue weighted by Gasteiger charge is -2.36. The van der Waals surface area contributed by atoms with Crippen LogP contribution in [-0.2, 0) is 14.3 Å². The molecule has 19 heavy (non-hydrogen) atoms. The minimum Gasteiger partial charge on any atom is -0.457 e. The zero-order valence-electron chi connectivity index (χ0n) is 11.4. The van der Waals surface area contributed by atoms with Gasteiger partial charge in [0.1, 0.15) is 11.9 Å². The fourth-order valence-electron chi connectivity index (χ4n) is 4.51. The molecular formula is C15H20O4. The molecule has 1 heterocycles. The summed E-state index contributed by atoms with van der Waals surface area (Å²) in [6.45, 7) is 7.75. The van der Waals surface area contributed by atoms with Crippen LogP contribution < -0.4 is 0 Å². The number of esters is 1. The van der Waals surface area contributed by atoms with Crippen molar-refractivity contribution < 1.29 is 19.4 Å². The fourth-order valence-corrected chi connectivity index (χ4v) is 4.51. The number of carbonyl (C=O) groups excluding carboxylic acids is 2. The zero-order valence-corrected chi connectivity index (χ0v) is 11.4. The Balaban J connectivity index is 2.11. The average molecular weight is 264 g/mol. The van der Waals surface area contributed by atoms with Crippen molar-refractivity contribution in [1.29, 1.82) is 0 Å². The number of ether oxygens (including phenoxy) is 1. The molecule has 4 nitrogen and oxygen atoms in total. The number of aliphatic hydroxyl groups is 1. The van der Waals surface area contributed by atoms with Crippen LogP contribution in [0.25, 0.3) is 0 Å². The largest absolute Gasteiger partial charge is 0.457 e. The van der Waals surface area contributed by atoms with Crippen LogP contribution in [0.1, 0.15) is 33.1 Å². The monoisotopic (exact) mass is 264 g/mol. The molecule has 0 spiro atoms. The van der Waals surface area contributed by atoms with E-state index < -0.39 is 29.5 Å². The molecule has 2 aliphatic carbocycles. The van der Waals surface area contributed by atoms with Gasteiger partial charge in [0.25, 0.3) is 0 Å². The van der Waals surface area contributed by atoms with Crippen molar-refractivity contribution in [3.05, 3.63) is 12.2 Å². The van der Waals surface area contributed by atoms with Gasteiger partial charge in [-0.1, -0.05) is 13.5 Å². The number of ketones is 1. The maximum atomic E-state index is 12.4. The number of hydrogen-bond donors (Lipinski definition) is 1. The van der Waals surface area contributed by atoms with E-state index >= 15 is 0 Å². The second kappa shape index (κ2) is 3.92. The Hall–Kier alpha value is -1.16. The first kappa shape index (κ1) is 12.9. The SMILES string of the molecule is C=C1C(=O)O[C@@H]2[C@@H]1[C@@H](O)C[C@H](C)[C@@H]1CCC(=O)[C@@]21C. The molecule has 0 bridgehead atoms. The fraction of sp³-hybridized carbons (Fsp3) is 0.733. The van der Waals surface area contributed by atoms with Crippen LogP contribution in [0.15, 0.2) is 12.2 Å². The van der Waals surface area contributed by atoms with E-state index in [-0.39, 0.29) is 17.6 Å². The molecule has 0 aromatic heterocycles. The predicted molar refractivity (Wildman–Crippen MR) is 68.1 cm³/mol. The van der Waals surface area contributed by atoms with Gasteiger partial charge in [0.05, 0.1) is 17.4 Å². The summed E-state index contributed by atoms with van der Waals surface area (Å²) in [6, 6.07) is 0. The van der Waals surface area contributed by atoms with Gasteiger partial charge in [0.2, 0.25) is 0 Å². The summed E-state index contributed by atoms with van der Waals surface area (Å²) in [5, 5.41) is 10.4. The Labute approximate surface area is 112 Å². The molecule has 6 atom stereocenters. The Kier molecular flexibility index (Phi) is 2.65. The van der Waals surface area contributed by atoms with Crippen LogP contribution in [0.5, 0.6) is 0 Å². The molecule has 3 rings (SSSR count). The summed E-state index contributed by atoms with van der Waals surface area (Å²) in [6.07, 6.45) is 0.803. The predicted octanol–water partition coefficient (Wildman–Crippen LogP) is 1.47. The first-order valence-corrected chi connectivity index (χ1v) is 6.98. The van der Waals surface area contributed by atoms with Crippen LogP contribution >= 0.6 is 0 Å². The van der Waals surface area contributed by atoms with Gasteiger partial charge in [0.15, 0.2) is 0 Å². The van der Waals surface area contributed by atoms with Crippen molar-refractivity contribution in [2.24, 2.45) is 23.2 Å². The summed E-state index contributed by atoms with van der Waals surface area (Å²) >= 11 is 0. The van der Waals surface area contributed by atoms with Gasteiger partial charge in [-0.2, -0.15) is 0 Å². The maximum Gasteiger partial charge on any atom is 0.334 e. The van der Waals surface area contributed by atoms with E-state index in [1.54, 1.807) is 0 Å². The van der Waals surface area contributed by atoms with Crippen LogP contribution in [0.3, 0.4) is 0 Å². The van der Waals surface area contributed by atoms with Crippen molar-refractivity contribution in [3.63, 3.8) is 0 Å². The summed E-state index contributed by atoms with van der Waals surface area (Å²) in [5.41, 5.74) is -0.331. The summed E-state index contributed by atoms with van der Waals surface area (Å²) < 4.78 is 5.44. The smallest absolute Gasteiger partial charge is 0.334 e. The molecule has 1 N–H and O–H groups in total. The van der Waals surface area contributed by atoms with Gasteiger partial charge < -0.3 is 9.84 Å². The maximum absolute atomic E-state index is 12.4. The highest BCUT2D eigenvalue weighted by Gasteiger charge is 2.63. The lowest BCUT2D eigenvalue weighted by atomic mass is 9.68. The minimum absolute atomic E-state index is 0.163. The van der Waals surface area contributed by atoms with Gasteiger partial charge in [0, 0.05) is 12.0 Å². The van der Waals surface area contributed by atoms with Crippen LogP contribution in [-0.4, -0.2) is 29.1 Å². The molecule has 0 amide bonds. The first-order valence-electron chi connectivity index (χ1n) is 6.98. The molecule has 0 aromatic carbocycles. The summed E-state index contributed by atoms with van der Waals surface area (Å²) in [4.78, 5) is 24.2. The number of hydrogen-bond acceptors (Lipinski definition) is 4. The average Bonchev–Trinajstić information content (AvgIpc) is 2.78. The molecular weight excluding hydrogens is 244 g/mol. The minimum atomic E-state index is -0.656. The highest BCUT2D eigenvalue weighted by molar-refractivity contribution is 5.94. The summed E-state index contributed by atoms with van der Waals surface area (Å²) in [5.74, 6) is -0.280. The number of fused-ring (bicyclic) bond motifs is 3. The molecule has 3 aliphatic rings. The molecule has 104 valence electrons. The number of aliphatic hydroxyl groups excluding tert-OH is 1. The Morgan fingerprint density at radius 1 is 1.42 bits per heavy atom. The Bertz CT molecular complexity index is 469. The molecule has 3 fully saturated rings. The first-order chi connectivity index (χ1) is 8.87. The number of Topliss-reactive ketones (excluding diaryl/α,β-unsaturated/α-hetero) is 1. The van der Waals surface area contributed by atoms with E-state index in [0.29, 0.717) is 18.4 Å². The van der Waals surface area contributed by atoms with Gasteiger partial charge in [-0.05, 0) is 31.6 Å². The van der Waals surface area contributed by atoms with Crippen molar-refractivity contribution >= 4 is 11.8 Å². The summed E-state index contributed by atoms with van der Waals surface area (Å²) in [7, 11) is 0. The molecule has 4 heteroatoms. The lowest BCUT2D eigenvalue weighted by Crippen LogP contribution is -2.45. The third kappa shape index (κ3) is 1.49. The van der Waals surface area contributed by atoms with E-state index in [0.717, 1.165) is 6.42 Å². The van der Waals surface area contributed by atoms with Crippen LogP contribution in [0.4, 0.5) is 0 Å². The van der Waals surface area contributed by atoms with Crippen molar-refractivity contribution in [2.75, 3.05) is 0 Å². The van der Waals surface area contributed by atoms with E-state index in [1.165, 1.54) is 0 Å². The third-order valence-corrected chi connectivity index (χ3v) is 5.58. The Morgan fingerprint density at radius 3 is 2.79 bits per heavy atom. The van der Waals surface area contributed by atoms with Gasteiger partial charge >= 0.3 is 5.97 Å². The number of carbonyl (C=O) groups is 2. The molecule has 2 saturated carbocycles. The van der Waals surface area contributed by atoms with Gasteiger partial charge in [-0.3, -0.25) is 4.79 Å². The van der Waals surface area contributed by atoms with Crippen molar-refractivity contribution in [3.8, 4) is 0 Å². The quantitative estimate of drug-likeness (QED) is 0.531. The highest BCUT2D eigenvalue weighted by Crippen LogP contribution is 2.56. The van der Waals surface area contributed by atoms with Crippen molar-refractivity contribution in [1.82, 2.24) is 0 Å². The third-order valence-electron chi connectivity index (χ3n) is 5.58.